The molecule has 9 aromatic carbocycles. The van der Waals surface area contributed by atoms with Crippen LogP contribution in [-0.2, 0) is 0 Å². The minimum absolute atomic E-state index is 0.0504. The predicted molar refractivity (Wildman–Crippen MR) is 208 cm³/mol. The molecule has 0 spiro atoms. The Balaban J connectivity index is 1.14. The molecule has 0 N–H and O–H groups in total. The molecular formula is C48H30O. The first-order valence-electron chi connectivity index (χ1n) is 22.7. The first-order valence-corrected chi connectivity index (χ1v) is 15.7. The van der Waals surface area contributed by atoms with Crippen LogP contribution in [0.15, 0.2) is 186 Å². The van der Waals surface area contributed by atoms with Crippen molar-refractivity contribution < 1.29 is 23.6 Å². The summed E-state index contributed by atoms with van der Waals surface area (Å²) in [6.45, 7) is 0. The van der Waals surface area contributed by atoms with Crippen molar-refractivity contribution in [2.24, 2.45) is 0 Å². The van der Waals surface area contributed by atoms with Crippen LogP contribution in [0.3, 0.4) is 0 Å². The molecule has 0 amide bonds. The molecule has 0 radical (unpaired) electrons. The van der Waals surface area contributed by atoms with E-state index in [2.05, 4.69) is 0 Å². The quantitative estimate of drug-likeness (QED) is 0.175. The van der Waals surface area contributed by atoms with E-state index < -0.39 is 48.3 Å². The summed E-state index contributed by atoms with van der Waals surface area (Å²) in [5.41, 5.74) is 4.44. The van der Waals surface area contributed by atoms with E-state index in [1.54, 1.807) is 12.1 Å². The highest BCUT2D eigenvalue weighted by Gasteiger charge is 2.18. The number of benzene rings is 9. The highest BCUT2D eigenvalue weighted by molar-refractivity contribution is 6.22. The van der Waals surface area contributed by atoms with Crippen LogP contribution in [0.25, 0.3) is 98.8 Å². The number of furan rings is 1. The van der Waals surface area contributed by atoms with Crippen LogP contribution in [0.1, 0.15) is 19.2 Å². The van der Waals surface area contributed by atoms with Crippen LogP contribution in [0.2, 0.25) is 0 Å². The van der Waals surface area contributed by atoms with E-state index >= 15 is 0 Å². The monoisotopic (exact) mass is 636 g/mol. The van der Waals surface area contributed by atoms with Crippen molar-refractivity contribution in [2.75, 3.05) is 0 Å². The van der Waals surface area contributed by atoms with Gasteiger partial charge in [-0.3, -0.25) is 0 Å². The fourth-order valence-corrected chi connectivity index (χ4v) is 6.74. The maximum atomic E-state index is 9.61. The molecule has 1 aromatic heterocycles. The molecule has 0 saturated heterocycles. The molecule has 0 unspecified atom stereocenters. The normalized spacial score (nSPS) is 15.7. The maximum Gasteiger partial charge on any atom is 0.136 e. The topological polar surface area (TPSA) is 13.1 Å². The molecule has 1 heterocycles. The zero-order chi connectivity index (χ0) is 44.5. The fraction of sp³-hybridized carbons (Fsp3) is 0. The molecule has 10 aromatic rings. The van der Waals surface area contributed by atoms with Gasteiger partial charge in [0.25, 0.3) is 0 Å². The van der Waals surface area contributed by atoms with Gasteiger partial charge in [0.15, 0.2) is 0 Å². The van der Waals surface area contributed by atoms with Crippen molar-refractivity contribution >= 4 is 54.3 Å². The summed E-state index contributed by atoms with van der Waals surface area (Å²) in [6.07, 6.45) is 0. The van der Waals surface area contributed by atoms with E-state index in [1.807, 2.05) is 84.9 Å². The summed E-state index contributed by atoms with van der Waals surface area (Å²) in [7, 11) is 0. The van der Waals surface area contributed by atoms with Crippen molar-refractivity contribution in [2.45, 2.75) is 0 Å². The molecule has 1 heteroatoms. The Bertz CT molecular complexity index is 3570. The summed E-state index contributed by atoms with van der Waals surface area (Å²) in [4.78, 5) is 0. The van der Waals surface area contributed by atoms with Crippen LogP contribution in [0.4, 0.5) is 0 Å². The largest absolute Gasteiger partial charge is 0.456 e. The Hall–Kier alpha value is -6.44. The Morgan fingerprint density at radius 2 is 0.796 bits per heavy atom. The standard InChI is InChI=1S/C48H30O/c1-2-10-31(11-3-1)32-18-20-33(21-19-32)34-22-24-35(25-23-34)47-40-14-6-8-16-42(40)48(43-17-9-7-15-41(43)47)38-26-27-39-44-28-36-12-4-5-13-37(36)29-46(44)49-45(39)30-38/h1-30H/i1D,2D,3D,4D,5D,10D,11D,12D,13D,26D,27D,28D,29D,30D. The van der Waals surface area contributed by atoms with Gasteiger partial charge in [-0.1, -0.05) is 157 Å². The van der Waals surface area contributed by atoms with Crippen molar-refractivity contribution in [3.63, 3.8) is 0 Å². The van der Waals surface area contributed by atoms with Gasteiger partial charge in [-0.05, 0) is 101 Å². The molecule has 0 aliphatic carbocycles. The summed E-state index contributed by atoms with van der Waals surface area (Å²) in [5.74, 6) is 0. The number of rotatable bonds is 4. The lowest BCUT2D eigenvalue weighted by Gasteiger charge is -2.18. The Kier molecular flexibility index (Phi) is 3.87. The number of fused-ring (bicyclic) bond motifs is 6. The van der Waals surface area contributed by atoms with Gasteiger partial charge in [-0.2, -0.15) is 0 Å². The number of hydrogen-bond acceptors (Lipinski definition) is 1. The van der Waals surface area contributed by atoms with Crippen molar-refractivity contribution in [1.82, 2.24) is 0 Å². The van der Waals surface area contributed by atoms with Crippen LogP contribution in [-0.4, -0.2) is 0 Å². The smallest absolute Gasteiger partial charge is 0.136 e. The van der Waals surface area contributed by atoms with Crippen molar-refractivity contribution in [3.8, 4) is 44.5 Å². The minimum Gasteiger partial charge on any atom is -0.456 e. The Morgan fingerprint density at radius 3 is 1.39 bits per heavy atom. The molecule has 49 heavy (non-hydrogen) atoms. The molecule has 228 valence electrons. The van der Waals surface area contributed by atoms with Gasteiger partial charge in [-0.25, -0.2) is 0 Å². The van der Waals surface area contributed by atoms with E-state index in [0.717, 1.165) is 33.0 Å². The molecule has 0 aliphatic rings. The van der Waals surface area contributed by atoms with Gasteiger partial charge in [0.1, 0.15) is 11.2 Å². The third-order valence-corrected chi connectivity index (χ3v) is 9.00. The van der Waals surface area contributed by atoms with E-state index in [4.69, 9.17) is 19.5 Å². The van der Waals surface area contributed by atoms with Gasteiger partial charge in [0.2, 0.25) is 0 Å². The summed E-state index contributed by atoms with van der Waals surface area (Å²) < 4.78 is 127. The molecule has 0 aliphatic heterocycles. The average molecular weight is 637 g/mol. The Labute approximate surface area is 304 Å². The molecule has 0 saturated carbocycles. The maximum absolute atomic E-state index is 9.61. The van der Waals surface area contributed by atoms with E-state index in [1.165, 1.54) is 0 Å². The second kappa shape index (κ2) is 11.1. The third kappa shape index (κ3) is 4.55. The lowest BCUT2D eigenvalue weighted by Crippen LogP contribution is -1.91. The van der Waals surface area contributed by atoms with Gasteiger partial charge >= 0.3 is 0 Å². The van der Waals surface area contributed by atoms with Crippen molar-refractivity contribution in [3.05, 3.63) is 182 Å². The van der Waals surface area contributed by atoms with E-state index in [9.17, 15) is 4.11 Å². The molecule has 0 atom stereocenters. The molecule has 10 rings (SSSR count). The SMILES string of the molecule is [2H]c1c([2H])c([2H])c(-c2ccc(-c3ccc(-c4c5ccccc5c(-c5c([2H])c([2H])c6c(oc7c([2H])c8c([2H])c([2H])c([2H])c([2H])c8c([2H])c76)c5[2H])c5ccccc45)cc3)cc2)c([2H])c1[2H]. The third-order valence-electron chi connectivity index (χ3n) is 9.00. The summed E-state index contributed by atoms with van der Waals surface area (Å²) >= 11 is 0. The van der Waals surface area contributed by atoms with Gasteiger partial charge < -0.3 is 4.42 Å². The molecular weight excluding hydrogens is 593 g/mol. The van der Waals surface area contributed by atoms with Crippen LogP contribution in [0, 0.1) is 0 Å². The first-order chi connectivity index (χ1) is 30.1. The molecule has 0 bridgehead atoms. The summed E-state index contributed by atoms with van der Waals surface area (Å²) in [6, 6.07) is 24.8. The lowest BCUT2D eigenvalue weighted by atomic mass is 9.85. The van der Waals surface area contributed by atoms with Gasteiger partial charge in [-0.15, -0.1) is 0 Å². The molecule has 0 fully saturated rings. The number of hydrogen-bond donors (Lipinski definition) is 0. The second-order valence-corrected chi connectivity index (χ2v) is 11.8. The van der Waals surface area contributed by atoms with Crippen molar-refractivity contribution in [1.29, 1.82) is 0 Å². The molecule has 1 nitrogen and oxygen atoms in total. The zero-order valence-corrected chi connectivity index (χ0v) is 25.6. The highest BCUT2D eigenvalue weighted by atomic mass is 16.3. The highest BCUT2D eigenvalue weighted by Crippen LogP contribution is 2.45. The summed E-state index contributed by atoms with van der Waals surface area (Å²) in [5, 5.41) is 2.51. The predicted octanol–water partition coefficient (Wildman–Crippen LogP) is 13.7. The van der Waals surface area contributed by atoms with Gasteiger partial charge in [0.05, 0.1) is 19.2 Å². The fourth-order valence-electron chi connectivity index (χ4n) is 6.74. The van der Waals surface area contributed by atoms with Crippen LogP contribution < -0.4 is 0 Å². The zero-order valence-electron chi connectivity index (χ0n) is 39.6. The minimum atomic E-state index is -0.566. The van der Waals surface area contributed by atoms with E-state index in [-0.39, 0.29) is 80.1 Å². The Morgan fingerprint density at radius 1 is 0.327 bits per heavy atom. The van der Waals surface area contributed by atoms with Crippen LogP contribution >= 0.6 is 0 Å². The van der Waals surface area contributed by atoms with E-state index in [0.29, 0.717) is 21.9 Å². The lowest BCUT2D eigenvalue weighted by molar-refractivity contribution is 0.669. The van der Waals surface area contributed by atoms with Gasteiger partial charge in [0, 0.05) is 10.8 Å². The first kappa shape index (κ1) is 17.1. The van der Waals surface area contributed by atoms with Crippen LogP contribution in [0.5, 0.6) is 0 Å². The second-order valence-electron chi connectivity index (χ2n) is 11.8. The average Bonchev–Trinajstić information content (AvgIpc) is 3.72.